The first-order chi connectivity index (χ1) is 13.5. The lowest BCUT2D eigenvalue weighted by Gasteiger charge is -2.16. The van der Waals surface area contributed by atoms with Gasteiger partial charge in [-0.2, -0.15) is 13.2 Å². The highest BCUT2D eigenvalue weighted by Crippen LogP contribution is 2.33. The van der Waals surface area contributed by atoms with Crippen LogP contribution in [0.15, 0.2) is 35.1 Å². The van der Waals surface area contributed by atoms with Crippen LogP contribution in [-0.2, 0) is 15.7 Å². The number of nitrogens with two attached hydrogens (primary N) is 1. The van der Waals surface area contributed by atoms with E-state index in [2.05, 4.69) is 4.74 Å². The van der Waals surface area contributed by atoms with Crippen LogP contribution < -0.4 is 16.6 Å². The molecule has 0 saturated heterocycles. The first-order valence-electron chi connectivity index (χ1n) is 7.93. The van der Waals surface area contributed by atoms with Crippen molar-refractivity contribution >= 4 is 29.7 Å². The minimum atomic E-state index is -4.73. The Hall–Kier alpha value is -3.89. The number of alkyl halides is 3. The van der Waals surface area contributed by atoms with Crippen molar-refractivity contribution in [2.75, 3.05) is 12.8 Å². The number of nitrogens with one attached hydrogen (secondary N) is 1. The summed E-state index contributed by atoms with van der Waals surface area (Å²) in [5.41, 5.74) is 2.95. The highest BCUT2D eigenvalue weighted by molar-refractivity contribution is 6.23. The molecule has 2 heterocycles. The second-order valence-electron chi connectivity index (χ2n) is 5.90. The summed E-state index contributed by atoms with van der Waals surface area (Å²) < 4.78 is 44.7. The summed E-state index contributed by atoms with van der Waals surface area (Å²) in [4.78, 5) is 47.6. The Morgan fingerprint density at radius 2 is 1.86 bits per heavy atom. The van der Waals surface area contributed by atoms with Gasteiger partial charge in [-0.15, -0.1) is 0 Å². The molecule has 1 aliphatic rings. The number of benzene rings is 1. The molecule has 0 saturated carbocycles. The van der Waals surface area contributed by atoms with Crippen molar-refractivity contribution in [1.29, 1.82) is 0 Å². The van der Waals surface area contributed by atoms with Crippen molar-refractivity contribution in [1.82, 2.24) is 9.88 Å². The van der Waals surface area contributed by atoms with Gasteiger partial charge in [0.15, 0.2) is 0 Å². The lowest BCUT2D eigenvalue weighted by molar-refractivity contribution is -0.137. The quantitative estimate of drug-likeness (QED) is 0.452. The van der Waals surface area contributed by atoms with Crippen molar-refractivity contribution in [2.24, 2.45) is 0 Å². The number of hydrogen-bond donors (Lipinski definition) is 2. The largest absolute Gasteiger partial charge is 0.466 e. The molecule has 0 bridgehead atoms. The molecule has 2 amide bonds. The fourth-order valence-electron chi connectivity index (χ4n) is 2.81. The predicted molar refractivity (Wildman–Crippen MR) is 94.3 cm³/mol. The van der Waals surface area contributed by atoms with Gasteiger partial charge in [0, 0.05) is 12.1 Å². The predicted octanol–water partition coefficient (Wildman–Crippen LogP) is 1.51. The summed E-state index contributed by atoms with van der Waals surface area (Å²) in [7, 11) is 1.11. The summed E-state index contributed by atoms with van der Waals surface area (Å²) >= 11 is 0. The van der Waals surface area contributed by atoms with Gasteiger partial charge in [0.2, 0.25) is 0 Å². The Morgan fingerprint density at radius 3 is 2.48 bits per heavy atom. The highest BCUT2D eigenvalue weighted by Gasteiger charge is 2.34. The van der Waals surface area contributed by atoms with Crippen molar-refractivity contribution in [3.05, 3.63) is 62.9 Å². The van der Waals surface area contributed by atoms with E-state index in [0.717, 1.165) is 37.5 Å². The van der Waals surface area contributed by atoms with E-state index in [-0.39, 0.29) is 22.4 Å². The standard InChI is InChI=1S/C18H12F3N3O5/c1-29-13(26)5-3-8-2-4-9(18(19,20)21)6-11(8)24-12(25)7-10-14(15(24)22)17(28)23-16(10)27/h2-7H,22H2,1H3,(H,23,27,28). The van der Waals surface area contributed by atoms with Gasteiger partial charge in [-0.05, 0) is 23.8 Å². The molecule has 1 aromatic heterocycles. The minimum absolute atomic E-state index is 0.0156. The van der Waals surface area contributed by atoms with Crippen LogP contribution in [0.1, 0.15) is 31.8 Å². The smallest absolute Gasteiger partial charge is 0.416 e. The Bertz CT molecular complexity index is 1150. The molecule has 3 N–H and O–H groups in total. The minimum Gasteiger partial charge on any atom is -0.466 e. The van der Waals surface area contributed by atoms with Crippen LogP contribution in [0, 0.1) is 0 Å². The second kappa shape index (κ2) is 6.93. The summed E-state index contributed by atoms with van der Waals surface area (Å²) in [5.74, 6) is -3.01. The fourth-order valence-corrected chi connectivity index (χ4v) is 2.81. The molecule has 0 unspecified atom stereocenters. The van der Waals surface area contributed by atoms with Crippen molar-refractivity contribution < 1.29 is 32.3 Å². The van der Waals surface area contributed by atoms with Gasteiger partial charge >= 0.3 is 12.1 Å². The van der Waals surface area contributed by atoms with Gasteiger partial charge in [-0.1, -0.05) is 6.07 Å². The molecule has 1 aromatic carbocycles. The van der Waals surface area contributed by atoms with Crippen molar-refractivity contribution in [2.45, 2.75) is 6.18 Å². The van der Waals surface area contributed by atoms with E-state index < -0.39 is 40.9 Å². The van der Waals surface area contributed by atoms with Crippen LogP contribution in [0.25, 0.3) is 11.8 Å². The number of hydrogen-bond acceptors (Lipinski definition) is 6. The van der Waals surface area contributed by atoms with Crippen LogP contribution in [0.2, 0.25) is 0 Å². The van der Waals surface area contributed by atoms with Gasteiger partial charge in [-0.25, -0.2) is 4.79 Å². The number of amides is 2. The number of nitrogens with zero attached hydrogens (tertiary/aromatic N) is 1. The number of pyridine rings is 1. The van der Waals surface area contributed by atoms with Crippen LogP contribution in [0.4, 0.5) is 19.0 Å². The summed E-state index contributed by atoms with van der Waals surface area (Å²) in [6.07, 6.45) is -2.66. The molecule has 0 spiro atoms. The fraction of sp³-hybridized carbons (Fsp3) is 0.111. The molecule has 0 atom stereocenters. The molecule has 8 nitrogen and oxygen atoms in total. The molecule has 0 fully saturated rings. The van der Waals surface area contributed by atoms with Gasteiger partial charge in [-0.3, -0.25) is 24.3 Å². The van der Waals surface area contributed by atoms with E-state index >= 15 is 0 Å². The molecular formula is C18H12F3N3O5. The zero-order chi connectivity index (χ0) is 21.5. The average molecular weight is 407 g/mol. The summed E-state index contributed by atoms with van der Waals surface area (Å²) in [6.45, 7) is 0. The third kappa shape index (κ3) is 3.49. The molecule has 2 aromatic rings. The zero-order valence-electron chi connectivity index (χ0n) is 14.7. The molecule has 0 aliphatic carbocycles. The number of halogens is 3. The highest BCUT2D eigenvalue weighted by atomic mass is 19.4. The molecule has 1 aliphatic heterocycles. The van der Waals surface area contributed by atoms with E-state index in [0.29, 0.717) is 10.6 Å². The number of aromatic nitrogens is 1. The number of carbonyl (C=O) groups is 3. The number of nitrogen functional groups attached to an aromatic ring is 1. The van der Waals surface area contributed by atoms with E-state index in [1.165, 1.54) is 0 Å². The molecule has 11 heteroatoms. The number of rotatable bonds is 3. The number of carbonyl (C=O) groups excluding carboxylic acids is 3. The SMILES string of the molecule is COC(=O)C=Cc1ccc(C(F)(F)F)cc1-n1c(N)c2c(cc1=O)C(=O)NC2=O. The molecule has 3 rings (SSSR count). The van der Waals surface area contributed by atoms with Crippen LogP contribution in [0.5, 0.6) is 0 Å². The Kier molecular flexibility index (Phi) is 4.74. The lowest BCUT2D eigenvalue weighted by atomic mass is 10.1. The average Bonchev–Trinajstić information content (AvgIpc) is 2.93. The molecular weight excluding hydrogens is 395 g/mol. The van der Waals surface area contributed by atoms with Gasteiger partial charge in [0.05, 0.1) is 29.5 Å². The Labute approximate surface area is 160 Å². The first kappa shape index (κ1) is 19.9. The number of anilines is 1. The van der Waals surface area contributed by atoms with Gasteiger partial charge in [0.25, 0.3) is 17.4 Å². The molecule has 150 valence electrons. The third-order valence-corrected chi connectivity index (χ3v) is 4.15. The summed E-state index contributed by atoms with van der Waals surface area (Å²) in [6, 6.07) is 3.24. The molecule has 29 heavy (non-hydrogen) atoms. The zero-order valence-corrected chi connectivity index (χ0v) is 14.7. The van der Waals surface area contributed by atoms with E-state index in [1.54, 1.807) is 0 Å². The Balaban J connectivity index is 2.32. The monoisotopic (exact) mass is 407 g/mol. The number of esters is 1. The van der Waals surface area contributed by atoms with Gasteiger partial charge in [0.1, 0.15) is 5.82 Å². The van der Waals surface area contributed by atoms with Crippen LogP contribution >= 0.6 is 0 Å². The maximum atomic E-state index is 13.2. The molecule has 0 radical (unpaired) electrons. The van der Waals surface area contributed by atoms with Crippen LogP contribution in [0.3, 0.4) is 0 Å². The number of ether oxygens (including phenoxy) is 1. The lowest BCUT2D eigenvalue weighted by Crippen LogP contribution is -2.25. The van der Waals surface area contributed by atoms with E-state index in [1.807, 2.05) is 5.32 Å². The topological polar surface area (TPSA) is 120 Å². The first-order valence-corrected chi connectivity index (χ1v) is 7.93. The number of methoxy groups -OCH3 is 1. The Morgan fingerprint density at radius 1 is 1.17 bits per heavy atom. The number of imide groups is 1. The third-order valence-electron chi connectivity index (χ3n) is 4.15. The van der Waals surface area contributed by atoms with Crippen molar-refractivity contribution in [3.8, 4) is 5.69 Å². The maximum Gasteiger partial charge on any atom is 0.416 e. The normalized spacial score (nSPS) is 13.5. The van der Waals surface area contributed by atoms with Crippen LogP contribution in [-0.4, -0.2) is 29.5 Å². The maximum absolute atomic E-state index is 13.2. The van der Waals surface area contributed by atoms with E-state index in [9.17, 15) is 32.3 Å². The van der Waals surface area contributed by atoms with Gasteiger partial charge < -0.3 is 10.5 Å². The van der Waals surface area contributed by atoms with E-state index in [4.69, 9.17) is 5.73 Å². The summed E-state index contributed by atoms with van der Waals surface area (Å²) in [5, 5.41) is 1.96. The number of fused-ring (bicyclic) bond motifs is 1. The second-order valence-corrected chi connectivity index (χ2v) is 5.90. The van der Waals surface area contributed by atoms with Crippen molar-refractivity contribution in [3.63, 3.8) is 0 Å².